The molecule has 0 aromatic heterocycles. The maximum atomic E-state index is 12.5. The summed E-state index contributed by atoms with van der Waals surface area (Å²) in [5.41, 5.74) is 10.6. The van der Waals surface area contributed by atoms with Crippen LogP contribution in [0, 0.1) is 6.92 Å². The zero-order valence-electron chi connectivity index (χ0n) is 18.0. The Morgan fingerprint density at radius 1 is 1.09 bits per heavy atom. The van der Waals surface area contributed by atoms with Gasteiger partial charge in [0.05, 0.1) is 11.3 Å². The highest BCUT2D eigenvalue weighted by molar-refractivity contribution is 9.10. The van der Waals surface area contributed by atoms with E-state index in [0.29, 0.717) is 11.3 Å². The van der Waals surface area contributed by atoms with Crippen LogP contribution >= 0.6 is 15.9 Å². The SMILES string of the molecule is COCC(=O)NCCNC(=O)c1ccc(COC(=O)Oc2ccc(C)cc2)c(N=[N+]=[N-])c1Br. The van der Waals surface area contributed by atoms with Gasteiger partial charge in [0.25, 0.3) is 5.91 Å². The summed E-state index contributed by atoms with van der Waals surface area (Å²) in [5, 5.41) is 8.83. The molecule has 2 amide bonds. The zero-order valence-corrected chi connectivity index (χ0v) is 19.5. The van der Waals surface area contributed by atoms with E-state index < -0.39 is 12.1 Å². The van der Waals surface area contributed by atoms with Crippen LogP contribution in [0.25, 0.3) is 10.4 Å². The van der Waals surface area contributed by atoms with Gasteiger partial charge in [-0.1, -0.05) is 28.9 Å². The van der Waals surface area contributed by atoms with Crippen molar-refractivity contribution >= 4 is 39.6 Å². The van der Waals surface area contributed by atoms with Crippen LogP contribution in [0.2, 0.25) is 0 Å². The van der Waals surface area contributed by atoms with Crippen molar-refractivity contribution in [1.82, 2.24) is 10.6 Å². The summed E-state index contributed by atoms with van der Waals surface area (Å²) in [7, 11) is 1.40. The lowest BCUT2D eigenvalue weighted by Crippen LogP contribution is -2.36. The van der Waals surface area contributed by atoms with Crippen molar-refractivity contribution in [2.45, 2.75) is 13.5 Å². The predicted octanol–water partition coefficient (Wildman–Crippen LogP) is 3.91. The second-order valence-electron chi connectivity index (χ2n) is 6.62. The first-order chi connectivity index (χ1) is 15.8. The van der Waals surface area contributed by atoms with Crippen molar-refractivity contribution in [2.24, 2.45) is 5.11 Å². The molecular formula is C21H22BrN5O6. The normalized spacial score (nSPS) is 10.0. The van der Waals surface area contributed by atoms with Crippen LogP contribution < -0.4 is 15.4 Å². The fourth-order valence-corrected chi connectivity index (χ4v) is 3.22. The molecule has 0 bridgehead atoms. The molecule has 0 fully saturated rings. The fraction of sp³-hybridized carbons (Fsp3) is 0.286. The highest BCUT2D eigenvalue weighted by atomic mass is 79.9. The molecule has 0 spiro atoms. The van der Waals surface area contributed by atoms with Crippen LogP contribution in [-0.4, -0.2) is 44.8 Å². The average Bonchev–Trinajstić information content (AvgIpc) is 2.79. The minimum absolute atomic E-state index is 0.0723. The van der Waals surface area contributed by atoms with Crippen LogP contribution in [0.15, 0.2) is 46.0 Å². The van der Waals surface area contributed by atoms with Crippen LogP contribution in [0.5, 0.6) is 5.75 Å². The summed E-state index contributed by atoms with van der Waals surface area (Å²) < 4.78 is 15.1. The topological polar surface area (TPSA) is 152 Å². The first kappa shape index (κ1) is 25.7. The molecule has 2 aromatic rings. The van der Waals surface area contributed by atoms with Crippen molar-refractivity contribution in [2.75, 3.05) is 26.8 Å². The molecule has 0 heterocycles. The van der Waals surface area contributed by atoms with E-state index in [4.69, 9.17) is 19.7 Å². The number of carbonyl (C=O) groups is 3. The summed E-state index contributed by atoms with van der Waals surface area (Å²) in [6, 6.07) is 9.84. The van der Waals surface area contributed by atoms with Gasteiger partial charge in [0, 0.05) is 35.1 Å². The highest BCUT2D eigenvalue weighted by Crippen LogP contribution is 2.34. The molecule has 0 aliphatic heterocycles. The Kier molecular flexibility index (Phi) is 10.2. The van der Waals surface area contributed by atoms with E-state index in [1.54, 1.807) is 24.3 Å². The summed E-state index contributed by atoms with van der Waals surface area (Å²) >= 11 is 3.27. The molecule has 2 N–H and O–H groups in total. The third-order valence-corrected chi connectivity index (χ3v) is 4.97. The molecule has 2 aromatic carbocycles. The molecule has 33 heavy (non-hydrogen) atoms. The lowest BCUT2D eigenvalue weighted by molar-refractivity contribution is -0.124. The summed E-state index contributed by atoms with van der Waals surface area (Å²) in [5.74, 6) is -0.431. The van der Waals surface area contributed by atoms with E-state index >= 15 is 0 Å². The number of nitrogens with zero attached hydrogens (tertiary/aromatic N) is 3. The van der Waals surface area contributed by atoms with E-state index in [1.165, 1.54) is 19.2 Å². The number of carbonyl (C=O) groups excluding carboxylic acids is 3. The number of methoxy groups -OCH3 is 1. The Morgan fingerprint density at radius 2 is 1.79 bits per heavy atom. The van der Waals surface area contributed by atoms with Crippen molar-refractivity contribution in [3.8, 4) is 5.75 Å². The fourth-order valence-electron chi connectivity index (χ4n) is 2.57. The third kappa shape index (κ3) is 8.11. The smallest absolute Gasteiger partial charge is 0.429 e. The maximum absolute atomic E-state index is 12.5. The molecule has 0 aliphatic carbocycles. The van der Waals surface area contributed by atoms with Gasteiger partial charge in [0.15, 0.2) is 0 Å². The largest absolute Gasteiger partial charge is 0.514 e. The summed E-state index contributed by atoms with van der Waals surface area (Å²) in [6.07, 6.45) is -0.931. The zero-order chi connectivity index (χ0) is 24.2. The molecule has 174 valence electrons. The van der Waals surface area contributed by atoms with E-state index in [0.717, 1.165) is 5.56 Å². The standard InChI is InChI=1S/C21H22BrN5O6/c1-13-3-6-15(7-4-13)33-21(30)32-11-14-5-8-16(18(22)19(14)26-27-23)20(29)25-10-9-24-17(28)12-31-2/h3-8H,9-12H2,1-2H3,(H,24,28)(H,25,29). The quantitative estimate of drug-likeness (QED) is 0.121. The maximum Gasteiger partial charge on any atom is 0.514 e. The van der Waals surface area contributed by atoms with Crippen LogP contribution in [0.3, 0.4) is 0 Å². The first-order valence-corrected chi connectivity index (χ1v) is 10.5. The number of ether oxygens (including phenoxy) is 3. The van der Waals surface area contributed by atoms with Gasteiger partial charge >= 0.3 is 6.16 Å². The molecule has 0 unspecified atom stereocenters. The number of amides is 2. The number of benzene rings is 2. The van der Waals surface area contributed by atoms with Gasteiger partial charge in [0.2, 0.25) is 5.91 Å². The molecule has 0 radical (unpaired) electrons. The number of nitrogens with one attached hydrogen (secondary N) is 2. The summed E-state index contributed by atoms with van der Waals surface area (Å²) in [6.45, 7) is 1.97. The minimum atomic E-state index is -0.931. The van der Waals surface area contributed by atoms with E-state index in [1.807, 2.05) is 6.92 Å². The molecular weight excluding hydrogens is 498 g/mol. The second kappa shape index (κ2) is 13.1. The molecule has 12 heteroatoms. The number of azide groups is 1. The average molecular weight is 520 g/mol. The van der Waals surface area contributed by atoms with Gasteiger partial charge in [-0.2, -0.15) is 0 Å². The van der Waals surface area contributed by atoms with Crippen LogP contribution in [-0.2, 0) is 20.9 Å². The number of hydrogen-bond acceptors (Lipinski definition) is 7. The van der Waals surface area contributed by atoms with Crippen molar-refractivity contribution in [3.63, 3.8) is 0 Å². The first-order valence-electron chi connectivity index (χ1n) is 9.67. The van der Waals surface area contributed by atoms with Gasteiger partial charge in [-0.05, 0) is 46.6 Å². The lowest BCUT2D eigenvalue weighted by atomic mass is 10.1. The monoisotopic (exact) mass is 519 g/mol. The molecule has 2 rings (SSSR count). The molecule has 0 aliphatic rings. The Morgan fingerprint density at radius 3 is 2.45 bits per heavy atom. The van der Waals surface area contributed by atoms with Gasteiger partial charge in [0.1, 0.15) is 19.0 Å². The highest BCUT2D eigenvalue weighted by Gasteiger charge is 2.17. The Hall–Kier alpha value is -3.60. The van der Waals surface area contributed by atoms with E-state index in [-0.39, 0.29) is 47.9 Å². The minimum Gasteiger partial charge on any atom is -0.429 e. The van der Waals surface area contributed by atoms with Crippen molar-refractivity contribution in [1.29, 1.82) is 0 Å². The number of halogens is 1. The molecule has 0 saturated heterocycles. The second-order valence-corrected chi connectivity index (χ2v) is 7.41. The van der Waals surface area contributed by atoms with Gasteiger partial charge in [-0.15, -0.1) is 0 Å². The Labute approximate surface area is 198 Å². The van der Waals surface area contributed by atoms with Crippen molar-refractivity contribution < 1.29 is 28.6 Å². The van der Waals surface area contributed by atoms with Crippen molar-refractivity contribution in [3.05, 3.63) is 68.0 Å². The molecule has 0 saturated carbocycles. The Balaban J connectivity index is 2.01. The number of rotatable bonds is 10. The van der Waals surface area contributed by atoms with Crippen LogP contribution in [0.4, 0.5) is 10.5 Å². The van der Waals surface area contributed by atoms with E-state index in [2.05, 4.69) is 36.6 Å². The lowest BCUT2D eigenvalue weighted by Gasteiger charge is -2.13. The van der Waals surface area contributed by atoms with Gasteiger partial charge in [-0.3, -0.25) is 9.59 Å². The van der Waals surface area contributed by atoms with E-state index in [9.17, 15) is 14.4 Å². The Bertz CT molecular complexity index is 1050. The number of aryl methyl sites for hydroxylation is 1. The molecule has 0 atom stereocenters. The predicted molar refractivity (Wildman–Crippen MR) is 122 cm³/mol. The molecule has 11 nitrogen and oxygen atoms in total. The third-order valence-electron chi connectivity index (χ3n) is 4.16. The van der Waals surface area contributed by atoms with Gasteiger partial charge < -0.3 is 24.8 Å². The van der Waals surface area contributed by atoms with Crippen LogP contribution in [0.1, 0.15) is 21.5 Å². The van der Waals surface area contributed by atoms with Gasteiger partial charge in [-0.25, -0.2) is 4.79 Å². The summed E-state index contributed by atoms with van der Waals surface area (Å²) in [4.78, 5) is 38.6. The number of hydrogen-bond donors (Lipinski definition) is 2.